The maximum absolute atomic E-state index is 8.93. The van der Waals surface area contributed by atoms with Crippen molar-refractivity contribution in [2.24, 2.45) is 0 Å². The summed E-state index contributed by atoms with van der Waals surface area (Å²) < 4.78 is 1.78. The van der Waals surface area contributed by atoms with Gasteiger partial charge in [0.1, 0.15) is 18.1 Å². The zero-order chi connectivity index (χ0) is 12.5. The van der Waals surface area contributed by atoms with Crippen LogP contribution in [0, 0.1) is 18.3 Å². The third kappa shape index (κ3) is 1.60. The summed E-state index contributed by atoms with van der Waals surface area (Å²) in [5.41, 5.74) is 2.91. The van der Waals surface area contributed by atoms with Crippen LogP contribution in [0.3, 0.4) is 0 Å². The summed E-state index contributed by atoms with van der Waals surface area (Å²) in [6, 6.07) is 11.4. The van der Waals surface area contributed by atoms with E-state index in [1.165, 1.54) is 0 Å². The SMILES string of the molecule is Cc1cc(C#N)nc(-n2cnc3ccccc32)n1. The van der Waals surface area contributed by atoms with Crippen molar-refractivity contribution in [2.75, 3.05) is 0 Å². The van der Waals surface area contributed by atoms with Gasteiger partial charge < -0.3 is 0 Å². The van der Waals surface area contributed by atoms with Gasteiger partial charge in [-0.25, -0.2) is 15.0 Å². The fourth-order valence-electron chi connectivity index (χ4n) is 1.84. The van der Waals surface area contributed by atoms with Crippen LogP contribution in [0.1, 0.15) is 11.4 Å². The van der Waals surface area contributed by atoms with Crippen LogP contribution in [-0.4, -0.2) is 19.5 Å². The first-order valence-electron chi connectivity index (χ1n) is 5.46. The van der Waals surface area contributed by atoms with Gasteiger partial charge in [0.25, 0.3) is 0 Å². The number of nitriles is 1. The molecule has 0 aliphatic rings. The van der Waals surface area contributed by atoms with Crippen molar-refractivity contribution in [2.45, 2.75) is 6.92 Å². The zero-order valence-corrected chi connectivity index (χ0v) is 9.70. The minimum atomic E-state index is 0.357. The van der Waals surface area contributed by atoms with Crippen molar-refractivity contribution in [1.82, 2.24) is 19.5 Å². The highest BCUT2D eigenvalue weighted by atomic mass is 15.2. The molecule has 1 aromatic carbocycles. The van der Waals surface area contributed by atoms with Crippen molar-refractivity contribution in [3.8, 4) is 12.0 Å². The largest absolute Gasteiger partial charge is 0.267 e. The minimum absolute atomic E-state index is 0.357. The molecule has 0 spiro atoms. The maximum Gasteiger partial charge on any atom is 0.236 e. The number of benzene rings is 1. The van der Waals surface area contributed by atoms with Crippen LogP contribution in [0.5, 0.6) is 0 Å². The molecular weight excluding hydrogens is 226 g/mol. The van der Waals surface area contributed by atoms with Crippen molar-refractivity contribution in [3.63, 3.8) is 0 Å². The summed E-state index contributed by atoms with van der Waals surface area (Å²) in [4.78, 5) is 12.8. The molecule has 0 saturated carbocycles. The Morgan fingerprint density at radius 3 is 2.89 bits per heavy atom. The number of rotatable bonds is 1. The van der Waals surface area contributed by atoms with Gasteiger partial charge in [-0.3, -0.25) is 4.57 Å². The van der Waals surface area contributed by atoms with E-state index in [1.54, 1.807) is 17.0 Å². The fraction of sp³-hybridized carbons (Fsp3) is 0.0769. The highest BCUT2D eigenvalue weighted by Crippen LogP contribution is 2.15. The van der Waals surface area contributed by atoms with Crippen molar-refractivity contribution in [3.05, 3.63) is 48.0 Å². The van der Waals surface area contributed by atoms with Gasteiger partial charge in [0, 0.05) is 5.69 Å². The predicted molar refractivity (Wildman–Crippen MR) is 66.1 cm³/mol. The lowest BCUT2D eigenvalue weighted by Crippen LogP contribution is -2.02. The van der Waals surface area contributed by atoms with Crippen LogP contribution in [0.25, 0.3) is 17.0 Å². The van der Waals surface area contributed by atoms with Gasteiger partial charge in [0.15, 0.2) is 0 Å². The molecule has 3 rings (SSSR count). The molecule has 0 aliphatic heterocycles. The summed E-state index contributed by atoms with van der Waals surface area (Å²) in [6.07, 6.45) is 1.67. The topological polar surface area (TPSA) is 67.4 Å². The number of hydrogen-bond acceptors (Lipinski definition) is 4. The molecule has 0 saturated heterocycles. The first-order valence-corrected chi connectivity index (χ1v) is 5.46. The Labute approximate surface area is 103 Å². The number of aryl methyl sites for hydroxylation is 1. The van der Waals surface area contributed by atoms with E-state index in [4.69, 9.17) is 5.26 Å². The first-order chi connectivity index (χ1) is 8.78. The summed E-state index contributed by atoms with van der Waals surface area (Å²) in [5.74, 6) is 0.472. The van der Waals surface area contributed by atoms with E-state index >= 15 is 0 Å². The third-order valence-electron chi connectivity index (χ3n) is 2.63. The van der Waals surface area contributed by atoms with Gasteiger partial charge in [-0.1, -0.05) is 12.1 Å². The van der Waals surface area contributed by atoms with E-state index in [1.807, 2.05) is 37.3 Å². The average molecular weight is 235 g/mol. The summed E-state index contributed by atoms with van der Waals surface area (Å²) >= 11 is 0. The van der Waals surface area contributed by atoms with Crippen LogP contribution < -0.4 is 0 Å². The van der Waals surface area contributed by atoms with Crippen LogP contribution in [0.4, 0.5) is 0 Å². The lowest BCUT2D eigenvalue weighted by Gasteiger charge is -2.03. The molecule has 0 N–H and O–H groups in total. The number of nitrogens with zero attached hydrogens (tertiary/aromatic N) is 5. The highest BCUT2D eigenvalue weighted by molar-refractivity contribution is 5.76. The molecule has 5 nitrogen and oxygen atoms in total. The van der Waals surface area contributed by atoms with Gasteiger partial charge in [0.05, 0.1) is 11.0 Å². The number of para-hydroxylation sites is 2. The van der Waals surface area contributed by atoms with E-state index < -0.39 is 0 Å². The fourth-order valence-corrected chi connectivity index (χ4v) is 1.84. The van der Waals surface area contributed by atoms with E-state index in [2.05, 4.69) is 15.0 Å². The Kier molecular flexibility index (Phi) is 2.27. The Morgan fingerprint density at radius 2 is 2.06 bits per heavy atom. The quantitative estimate of drug-likeness (QED) is 0.647. The van der Waals surface area contributed by atoms with Gasteiger partial charge >= 0.3 is 0 Å². The molecule has 0 aliphatic carbocycles. The van der Waals surface area contributed by atoms with Crippen LogP contribution in [-0.2, 0) is 0 Å². The number of fused-ring (bicyclic) bond motifs is 1. The first kappa shape index (κ1) is 10.4. The Balaban J connectivity index is 2.27. The van der Waals surface area contributed by atoms with E-state index in [0.29, 0.717) is 11.6 Å². The lowest BCUT2D eigenvalue weighted by molar-refractivity contribution is 0.922. The number of imidazole rings is 1. The second-order valence-corrected chi connectivity index (χ2v) is 3.91. The Morgan fingerprint density at radius 1 is 1.22 bits per heavy atom. The summed E-state index contributed by atoms with van der Waals surface area (Å²) in [6.45, 7) is 1.84. The number of aromatic nitrogens is 4. The molecule has 0 fully saturated rings. The van der Waals surface area contributed by atoms with Crippen LogP contribution in [0.2, 0.25) is 0 Å². The molecule has 0 amide bonds. The Bertz CT molecular complexity index is 766. The highest BCUT2D eigenvalue weighted by Gasteiger charge is 2.08. The third-order valence-corrected chi connectivity index (χ3v) is 2.63. The van der Waals surface area contributed by atoms with Gasteiger partial charge in [-0.15, -0.1) is 0 Å². The number of hydrogen-bond donors (Lipinski definition) is 0. The summed E-state index contributed by atoms with van der Waals surface area (Å²) in [7, 11) is 0. The molecule has 2 heterocycles. The lowest BCUT2D eigenvalue weighted by atomic mass is 10.3. The minimum Gasteiger partial charge on any atom is -0.267 e. The molecule has 3 aromatic rings. The van der Waals surface area contributed by atoms with Gasteiger partial charge in [0.2, 0.25) is 5.95 Å². The van der Waals surface area contributed by atoms with E-state index in [-0.39, 0.29) is 0 Å². The summed E-state index contributed by atoms with van der Waals surface area (Å²) in [5, 5.41) is 8.93. The average Bonchev–Trinajstić information content (AvgIpc) is 2.81. The molecular formula is C13H9N5. The van der Waals surface area contributed by atoms with E-state index in [9.17, 15) is 0 Å². The Hall–Kier alpha value is -2.74. The van der Waals surface area contributed by atoms with Crippen molar-refractivity contribution in [1.29, 1.82) is 5.26 Å². The standard InChI is InChI=1S/C13H9N5/c1-9-6-10(7-14)17-13(16-9)18-8-15-11-4-2-3-5-12(11)18/h2-6,8H,1H3. The maximum atomic E-state index is 8.93. The van der Waals surface area contributed by atoms with Crippen molar-refractivity contribution >= 4 is 11.0 Å². The van der Waals surface area contributed by atoms with Gasteiger partial charge in [-0.05, 0) is 25.1 Å². The normalized spacial score (nSPS) is 10.4. The second-order valence-electron chi connectivity index (χ2n) is 3.91. The predicted octanol–water partition coefficient (Wildman–Crippen LogP) is 2.00. The van der Waals surface area contributed by atoms with Crippen molar-refractivity contribution < 1.29 is 0 Å². The molecule has 0 radical (unpaired) electrons. The van der Waals surface area contributed by atoms with Crippen LogP contribution >= 0.6 is 0 Å². The van der Waals surface area contributed by atoms with E-state index in [0.717, 1.165) is 16.7 Å². The molecule has 2 aromatic heterocycles. The molecule has 0 bridgehead atoms. The monoisotopic (exact) mass is 235 g/mol. The molecule has 0 atom stereocenters. The molecule has 5 heteroatoms. The molecule has 18 heavy (non-hydrogen) atoms. The zero-order valence-electron chi connectivity index (χ0n) is 9.70. The second kappa shape index (κ2) is 3.93. The smallest absolute Gasteiger partial charge is 0.236 e. The molecule has 86 valence electrons. The molecule has 0 unspecified atom stereocenters. The van der Waals surface area contributed by atoms with Gasteiger partial charge in [-0.2, -0.15) is 5.26 Å². The van der Waals surface area contributed by atoms with Crippen LogP contribution in [0.15, 0.2) is 36.7 Å².